The Labute approximate surface area is 134 Å². The maximum atomic E-state index is 13.2. The zero-order valence-corrected chi connectivity index (χ0v) is 13.3. The zero-order chi connectivity index (χ0) is 15.6. The molecule has 0 aliphatic carbocycles. The lowest BCUT2D eigenvalue weighted by molar-refractivity contribution is 0.0940. The zero-order valence-electron chi connectivity index (χ0n) is 11.0. The Morgan fingerprint density at radius 2 is 1.95 bits per heavy atom. The predicted octanol–water partition coefficient (Wildman–Crippen LogP) is 4.87. The molecule has 1 atom stereocenters. The molecule has 110 valence electrons. The van der Waals surface area contributed by atoms with Gasteiger partial charge in [-0.3, -0.25) is 4.79 Å². The first-order valence-electron chi connectivity index (χ1n) is 6.10. The van der Waals surface area contributed by atoms with Gasteiger partial charge in [0.2, 0.25) is 0 Å². The second-order valence-electron chi connectivity index (χ2n) is 4.47. The van der Waals surface area contributed by atoms with E-state index in [4.69, 9.17) is 11.6 Å². The minimum atomic E-state index is -0.950. The van der Waals surface area contributed by atoms with E-state index in [-0.39, 0.29) is 0 Å². The third kappa shape index (κ3) is 3.60. The first kappa shape index (κ1) is 15.9. The fourth-order valence-electron chi connectivity index (χ4n) is 1.82. The van der Waals surface area contributed by atoms with Gasteiger partial charge in [-0.1, -0.05) is 23.7 Å². The highest BCUT2D eigenvalue weighted by atomic mass is 79.9. The number of hydrogen-bond acceptors (Lipinski definition) is 1. The molecule has 0 aliphatic rings. The summed E-state index contributed by atoms with van der Waals surface area (Å²) in [6.07, 6.45) is 0. The van der Waals surface area contributed by atoms with E-state index in [2.05, 4.69) is 21.2 Å². The quantitative estimate of drug-likeness (QED) is 0.816. The highest BCUT2D eigenvalue weighted by Crippen LogP contribution is 2.26. The maximum Gasteiger partial charge on any atom is 0.253 e. The van der Waals surface area contributed by atoms with Crippen LogP contribution in [-0.2, 0) is 0 Å². The normalized spacial score (nSPS) is 12.0. The first-order valence-corrected chi connectivity index (χ1v) is 7.27. The number of amides is 1. The summed E-state index contributed by atoms with van der Waals surface area (Å²) in [6.45, 7) is 1.68. The summed E-state index contributed by atoms with van der Waals surface area (Å²) in [5, 5.41) is 2.99. The molecule has 0 saturated heterocycles. The minimum Gasteiger partial charge on any atom is -0.345 e. The number of rotatable bonds is 3. The highest BCUT2D eigenvalue weighted by Gasteiger charge is 2.16. The lowest BCUT2D eigenvalue weighted by Gasteiger charge is -2.15. The van der Waals surface area contributed by atoms with Crippen molar-refractivity contribution in [2.75, 3.05) is 0 Å². The van der Waals surface area contributed by atoms with E-state index < -0.39 is 23.6 Å². The summed E-state index contributed by atoms with van der Waals surface area (Å²) >= 11 is 9.29. The molecule has 6 heteroatoms. The molecule has 0 radical (unpaired) electrons. The van der Waals surface area contributed by atoms with Crippen LogP contribution in [0, 0.1) is 11.6 Å². The molecule has 0 aromatic heterocycles. The molecule has 2 nitrogen and oxygen atoms in total. The van der Waals surface area contributed by atoms with Gasteiger partial charge < -0.3 is 5.32 Å². The number of halogens is 4. The second-order valence-corrected chi connectivity index (χ2v) is 5.70. The standard InChI is InChI=1S/C15H11BrClF2NO/c1-8(9-5-6-12(18)13(19)7-9)20-15(21)10-3-2-4-11(16)14(10)17/h2-8H,1H3,(H,20,21). The molecule has 2 aromatic rings. The average Bonchev–Trinajstić information content (AvgIpc) is 2.44. The van der Waals surface area contributed by atoms with Crippen molar-refractivity contribution in [3.8, 4) is 0 Å². The Kier molecular flexibility index (Phi) is 4.96. The summed E-state index contributed by atoms with van der Waals surface area (Å²) in [5.41, 5.74) is 0.772. The van der Waals surface area contributed by atoms with Gasteiger partial charge >= 0.3 is 0 Å². The Morgan fingerprint density at radius 1 is 1.24 bits per heavy atom. The summed E-state index contributed by atoms with van der Waals surface area (Å²) in [7, 11) is 0. The second kappa shape index (κ2) is 6.54. The van der Waals surface area contributed by atoms with E-state index in [1.165, 1.54) is 6.07 Å². The van der Waals surface area contributed by atoms with Gasteiger partial charge in [0.1, 0.15) is 0 Å². The van der Waals surface area contributed by atoms with Crippen molar-refractivity contribution < 1.29 is 13.6 Å². The summed E-state index contributed by atoms with van der Waals surface area (Å²) < 4.78 is 26.7. The molecule has 0 bridgehead atoms. The van der Waals surface area contributed by atoms with Crippen LogP contribution < -0.4 is 5.32 Å². The van der Waals surface area contributed by atoms with Crippen molar-refractivity contribution in [2.45, 2.75) is 13.0 Å². The van der Waals surface area contributed by atoms with Gasteiger partial charge in [-0.25, -0.2) is 8.78 Å². The van der Waals surface area contributed by atoms with Crippen LogP contribution in [0.2, 0.25) is 5.02 Å². The van der Waals surface area contributed by atoms with Crippen molar-refractivity contribution in [1.82, 2.24) is 5.32 Å². The van der Waals surface area contributed by atoms with Gasteiger partial charge in [0, 0.05) is 4.47 Å². The van der Waals surface area contributed by atoms with Gasteiger partial charge in [0.15, 0.2) is 11.6 Å². The van der Waals surface area contributed by atoms with Crippen molar-refractivity contribution in [3.63, 3.8) is 0 Å². The van der Waals surface area contributed by atoms with E-state index >= 15 is 0 Å². The van der Waals surface area contributed by atoms with Crippen molar-refractivity contribution >= 4 is 33.4 Å². The van der Waals surface area contributed by atoms with Crippen molar-refractivity contribution in [3.05, 3.63) is 68.7 Å². The van der Waals surface area contributed by atoms with Crippen LogP contribution in [0.5, 0.6) is 0 Å². The van der Waals surface area contributed by atoms with E-state index in [1.807, 2.05) is 0 Å². The van der Waals surface area contributed by atoms with Crippen LogP contribution in [0.4, 0.5) is 8.78 Å². The molecule has 0 saturated carbocycles. The molecule has 0 fully saturated rings. The lowest BCUT2D eigenvalue weighted by Crippen LogP contribution is -2.27. The van der Waals surface area contributed by atoms with Gasteiger partial charge in [-0.05, 0) is 52.7 Å². The monoisotopic (exact) mass is 373 g/mol. The Morgan fingerprint density at radius 3 is 2.62 bits per heavy atom. The average molecular weight is 375 g/mol. The van der Waals surface area contributed by atoms with E-state index in [0.717, 1.165) is 12.1 Å². The largest absolute Gasteiger partial charge is 0.345 e. The van der Waals surface area contributed by atoms with E-state index in [0.29, 0.717) is 20.6 Å². The summed E-state index contributed by atoms with van der Waals surface area (Å²) in [4.78, 5) is 12.2. The van der Waals surface area contributed by atoms with Gasteiger partial charge in [0.25, 0.3) is 5.91 Å². The number of hydrogen-bond donors (Lipinski definition) is 1. The molecule has 0 aliphatic heterocycles. The molecule has 2 rings (SSSR count). The fourth-order valence-corrected chi connectivity index (χ4v) is 2.40. The lowest BCUT2D eigenvalue weighted by atomic mass is 10.1. The first-order chi connectivity index (χ1) is 9.90. The molecular formula is C15H11BrClF2NO. The molecule has 0 spiro atoms. The fraction of sp³-hybridized carbons (Fsp3) is 0.133. The minimum absolute atomic E-state index is 0.299. The SMILES string of the molecule is CC(NC(=O)c1cccc(Br)c1Cl)c1ccc(F)c(F)c1. The molecular weight excluding hydrogens is 364 g/mol. The smallest absolute Gasteiger partial charge is 0.253 e. The highest BCUT2D eigenvalue weighted by molar-refractivity contribution is 9.10. The van der Waals surface area contributed by atoms with Crippen molar-refractivity contribution in [2.24, 2.45) is 0 Å². The van der Waals surface area contributed by atoms with Crippen LogP contribution in [0.15, 0.2) is 40.9 Å². The molecule has 1 amide bonds. The Hall–Kier alpha value is -1.46. The summed E-state index contributed by atoms with van der Waals surface area (Å²) in [6, 6.07) is 8.02. The topological polar surface area (TPSA) is 29.1 Å². The van der Waals surface area contributed by atoms with E-state index in [1.54, 1.807) is 25.1 Å². The maximum absolute atomic E-state index is 13.2. The summed E-state index contributed by atoms with van der Waals surface area (Å²) in [5.74, 6) is -2.26. The molecule has 0 heterocycles. The van der Waals surface area contributed by atoms with Gasteiger partial charge in [-0.2, -0.15) is 0 Å². The van der Waals surface area contributed by atoms with E-state index in [9.17, 15) is 13.6 Å². The van der Waals surface area contributed by atoms with Crippen LogP contribution in [0.1, 0.15) is 28.9 Å². The van der Waals surface area contributed by atoms with Gasteiger partial charge in [-0.15, -0.1) is 0 Å². The Bertz CT molecular complexity index is 693. The predicted molar refractivity (Wildman–Crippen MR) is 81.4 cm³/mol. The van der Waals surface area contributed by atoms with Gasteiger partial charge in [0.05, 0.1) is 16.6 Å². The number of benzene rings is 2. The third-order valence-corrected chi connectivity index (χ3v) is 4.28. The number of carbonyl (C=O) groups excluding carboxylic acids is 1. The third-order valence-electron chi connectivity index (χ3n) is 2.99. The van der Waals surface area contributed by atoms with Crippen LogP contribution in [0.25, 0.3) is 0 Å². The number of nitrogens with one attached hydrogen (secondary N) is 1. The number of carbonyl (C=O) groups is 1. The van der Waals surface area contributed by atoms with Crippen molar-refractivity contribution in [1.29, 1.82) is 0 Å². The molecule has 1 unspecified atom stereocenters. The van der Waals surface area contributed by atoms with Crippen LogP contribution in [-0.4, -0.2) is 5.91 Å². The molecule has 2 aromatic carbocycles. The Balaban J connectivity index is 2.18. The van der Waals surface area contributed by atoms with Crippen LogP contribution in [0.3, 0.4) is 0 Å². The van der Waals surface area contributed by atoms with Crippen LogP contribution >= 0.6 is 27.5 Å². The molecule has 21 heavy (non-hydrogen) atoms. The molecule has 1 N–H and O–H groups in total.